The molecule has 0 aliphatic carbocycles. The Morgan fingerprint density at radius 3 is 2.88 bits per heavy atom. The van der Waals surface area contributed by atoms with E-state index in [9.17, 15) is 0 Å². The number of para-hydroxylation sites is 1. The lowest BCUT2D eigenvalue weighted by atomic mass is 10.3. The van der Waals surface area contributed by atoms with Crippen LogP contribution in [-0.4, -0.2) is 19.9 Å². The van der Waals surface area contributed by atoms with Gasteiger partial charge < -0.3 is 10.3 Å². The fourth-order valence-corrected chi connectivity index (χ4v) is 2.07. The number of rotatable bonds is 2. The molecule has 5 nitrogen and oxygen atoms in total. The van der Waals surface area contributed by atoms with Crippen molar-refractivity contribution in [3.8, 4) is 0 Å². The van der Waals surface area contributed by atoms with Crippen LogP contribution in [0.1, 0.15) is 0 Å². The summed E-state index contributed by atoms with van der Waals surface area (Å²) in [5, 5.41) is 3.27. The van der Waals surface area contributed by atoms with Crippen molar-refractivity contribution in [2.24, 2.45) is 0 Å². The third-order valence-electron chi connectivity index (χ3n) is 2.35. The van der Waals surface area contributed by atoms with E-state index in [2.05, 4.69) is 47.8 Å². The number of nitrogens with zero attached hydrogens (tertiary/aromatic N) is 3. The highest BCUT2D eigenvalue weighted by Crippen LogP contribution is 2.23. The molecule has 84 valence electrons. The quantitative estimate of drug-likeness (QED) is 0.706. The van der Waals surface area contributed by atoms with E-state index in [0.29, 0.717) is 5.65 Å². The summed E-state index contributed by atoms with van der Waals surface area (Å²) in [6, 6.07) is 8.02. The third-order valence-corrected chi connectivity index (χ3v) is 3.29. The fraction of sp³-hybridized carbons (Fsp3) is 0. The lowest BCUT2D eigenvalue weighted by molar-refractivity contribution is 1.20. The molecule has 0 amide bonds. The number of hydrogen-bond acceptors (Lipinski definition) is 4. The number of hydrogen-bond donors (Lipinski definition) is 2. The van der Waals surface area contributed by atoms with Crippen molar-refractivity contribution in [1.82, 2.24) is 19.9 Å². The summed E-state index contributed by atoms with van der Waals surface area (Å²) < 4.78 is 1.14. The van der Waals surface area contributed by atoms with E-state index in [-0.39, 0.29) is 0 Å². The van der Waals surface area contributed by atoms with Crippen LogP contribution in [0, 0.1) is 3.57 Å². The number of benzene rings is 1. The first kappa shape index (κ1) is 10.5. The van der Waals surface area contributed by atoms with E-state index >= 15 is 0 Å². The average Bonchev–Trinajstić information content (AvgIpc) is 2.81. The van der Waals surface area contributed by atoms with Gasteiger partial charge in [0.15, 0.2) is 11.5 Å². The summed E-state index contributed by atoms with van der Waals surface area (Å²) in [5.74, 6) is 0.733. The number of anilines is 2. The number of nitrogens with one attached hydrogen (secondary N) is 2. The van der Waals surface area contributed by atoms with Gasteiger partial charge in [-0.1, -0.05) is 12.1 Å². The molecule has 0 saturated heterocycles. The molecule has 1 aromatic carbocycles. The molecule has 2 N–H and O–H groups in total. The monoisotopic (exact) mass is 337 g/mol. The van der Waals surface area contributed by atoms with Crippen LogP contribution in [0.3, 0.4) is 0 Å². The minimum atomic E-state index is 0.661. The Kier molecular flexibility index (Phi) is 2.63. The zero-order valence-electron chi connectivity index (χ0n) is 8.68. The predicted octanol–water partition coefficient (Wildman–Crippen LogP) is 2.70. The molecule has 0 fully saturated rings. The second kappa shape index (κ2) is 4.28. The lowest BCUT2D eigenvalue weighted by Gasteiger charge is -2.07. The number of aromatic nitrogens is 4. The summed E-state index contributed by atoms with van der Waals surface area (Å²) in [6.07, 6.45) is 3.11. The van der Waals surface area contributed by atoms with E-state index in [4.69, 9.17) is 0 Å². The van der Waals surface area contributed by atoms with Crippen molar-refractivity contribution in [3.05, 3.63) is 40.5 Å². The first-order chi connectivity index (χ1) is 8.34. The summed E-state index contributed by atoms with van der Waals surface area (Å²) in [5.41, 5.74) is 2.49. The van der Waals surface area contributed by atoms with Crippen molar-refractivity contribution in [2.75, 3.05) is 5.32 Å². The highest BCUT2D eigenvalue weighted by molar-refractivity contribution is 14.1. The Morgan fingerprint density at radius 1 is 1.12 bits per heavy atom. The number of H-pyrrole nitrogens is 1. The van der Waals surface area contributed by atoms with Crippen LogP contribution in [0.4, 0.5) is 11.5 Å². The maximum Gasteiger partial charge on any atom is 0.182 e. The lowest BCUT2D eigenvalue weighted by Crippen LogP contribution is -1.97. The summed E-state index contributed by atoms with van der Waals surface area (Å²) >= 11 is 2.28. The molecule has 2 aromatic heterocycles. The van der Waals surface area contributed by atoms with Gasteiger partial charge in [-0.2, -0.15) is 0 Å². The summed E-state index contributed by atoms with van der Waals surface area (Å²) in [7, 11) is 0. The van der Waals surface area contributed by atoms with Gasteiger partial charge in [-0.25, -0.2) is 15.0 Å². The second-order valence-corrected chi connectivity index (χ2v) is 4.59. The van der Waals surface area contributed by atoms with Gasteiger partial charge in [-0.05, 0) is 34.7 Å². The van der Waals surface area contributed by atoms with Crippen LogP contribution < -0.4 is 5.32 Å². The highest BCUT2D eigenvalue weighted by Gasteiger charge is 2.06. The average molecular weight is 337 g/mol. The molecule has 0 atom stereocenters. The maximum atomic E-state index is 4.22. The van der Waals surface area contributed by atoms with Crippen LogP contribution in [0.5, 0.6) is 0 Å². The van der Waals surface area contributed by atoms with Gasteiger partial charge in [0.25, 0.3) is 0 Å². The molecule has 17 heavy (non-hydrogen) atoms. The van der Waals surface area contributed by atoms with Crippen LogP contribution in [-0.2, 0) is 0 Å². The van der Waals surface area contributed by atoms with E-state index in [0.717, 1.165) is 20.6 Å². The Balaban J connectivity index is 2.06. The Hall–Kier alpha value is -1.70. The number of aromatic amines is 1. The molecular formula is C11H8IN5. The van der Waals surface area contributed by atoms with Crippen molar-refractivity contribution >= 4 is 45.3 Å². The molecule has 3 rings (SSSR count). The van der Waals surface area contributed by atoms with Crippen LogP contribution in [0.2, 0.25) is 0 Å². The zero-order valence-corrected chi connectivity index (χ0v) is 10.8. The Morgan fingerprint density at radius 2 is 2.00 bits per heavy atom. The van der Waals surface area contributed by atoms with Gasteiger partial charge >= 0.3 is 0 Å². The molecule has 0 aliphatic rings. The maximum absolute atomic E-state index is 4.22. The molecule has 3 aromatic rings. The minimum absolute atomic E-state index is 0.661. The molecular weight excluding hydrogens is 329 g/mol. The highest BCUT2D eigenvalue weighted by atomic mass is 127. The zero-order chi connectivity index (χ0) is 11.7. The number of fused-ring (bicyclic) bond motifs is 1. The topological polar surface area (TPSA) is 66.5 Å². The third kappa shape index (κ3) is 1.95. The van der Waals surface area contributed by atoms with Crippen molar-refractivity contribution in [2.45, 2.75) is 0 Å². The van der Waals surface area contributed by atoms with Crippen LogP contribution in [0.15, 0.2) is 36.9 Å². The molecule has 0 saturated carbocycles. The Labute approximate surface area is 111 Å². The van der Waals surface area contributed by atoms with E-state index < -0.39 is 0 Å². The second-order valence-electron chi connectivity index (χ2n) is 3.43. The SMILES string of the molecule is Ic1ccccc1Nc1ncnc2nc[nH]c12. The van der Waals surface area contributed by atoms with Gasteiger partial charge in [-0.15, -0.1) is 0 Å². The van der Waals surface area contributed by atoms with Crippen molar-refractivity contribution in [3.63, 3.8) is 0 Å². The first-order valence-electron chi connectivity index (χ1n) is 5.00. The number of imidazole rings is 1. The standard InChI is InChI=1S/C11H8IN5/c12-7-3-1-2-4-8(7)17-11-9-10(14-5-13-9)15-6-16-11/h1-6H,(H2,13,14,15,16,17). The van der Waals surface area contributed by atoms with Gasteiger partial charge in [0.1, 0.15) is 11.8 Å². The summed E-state index contributed by atoms with van der Waals surface area (Å²) in [4.78, 5) is 15.4. The molecule has 0 spiro atoms. The van der Waals surface area contributed by atoms with Crippen molar-refractivity contribution < 1.29 is 0 Å². The summed E-state index contributed by atoms with van der Waals surface area (Å²) in [6.45, 7) is 0. The van der Waals surface area contributed by atoms with E-state index in [1.807, 2.05) is 24.3 Å². The largest absolute Gasteiger partial charge is 0.340 e. The Bertz CT molecular complexity index is 664. The normalized spacial score (nSPS) is 10.6. The van der Waals surface area contributed by atoms with Gasteiger partial charge in [0.05, 0.1) is 12.0 Å². The van der Waals surface area contributed by atoms with Gasteiger partial charge in [-0.3, -0.25) is 0 Å². The molecule has 0 aliphatic heterocycles. The van der Waals surface area contributed by atoms with Crippen molar-refractivity contribution in [1.29, 1.82) is 0 Å². The van der Waals surface area contributed by atoms with E-state index in [1.54, 1.807) is 6.33 Å². The molecule has 2 heterocycles. The first-order valence-corrected chi connectivity index (χ1v) is 6.08. The number of halogens is 1. The van der Waals surface area contributed by atoms with Crippen LogP contribution >= 0.6 is 22.6 Å². The van der Waals surface area contributed by atoms with Crippen LogP contribution in [0.25, 0.3) is 11.2 Å². The molecule has 6 heteroatoms. The molecule has 0 radical (unpaired) electrons. The van der Waals surface area contributed by atoms with Gasteiger partial charge in [0.2, 0.25) is 0 Å². The minimum Gasteiger partial charge on any atom is -0.340 e. The predicted molar refractivity (Wildman–Crippen MR) is 74.1 cm³/mol. The molecule has 0 unspecified atom stereocenters. The fourth-order valence-electron chi connectivity index (χ4n) is 1.55. The van der Waals surface area contributed by atoms with E-state index in [1.165, 1.54) is 6.33 Å². The molecule has 0 bridgehead atoms. The smallest absolute Gasteiger partial charge is 0.182 e. The van der Waals surface area contributed by atoms with Gasteiger partial charge in [0, 0.05) is 3.57 Å².